The maximum absolute atomic E-state index is 13.4. The Labute approximate surface area is 217 Å². The van der Waals surface area contributed by atoms with E-state index in [-0.39, 0.29) is 29.0 Å². The van der Waals surface area contributed by atoms with Crippen LogP contribution in [0.1, 0.15) is 54.0 Å². The van der Waals surface area contributed by atoms with Crippen LogP contribution in [-0.4, -0.2) is 45.4 Å². The van der Waals surface area contributed by atoms with Crippen molar-refractivity contribution in [1.29, 1.82) is 0 Å². The van der Waals surface area contributed by atoms with Gasteiger partial charge in [-0.3, -0.25) is 15.0 Å². The van der Waals surface area contributed by atoms with Gasteiger partial charge in [0.2, 0.25) is 16.6 Å². The number of carbonyl (C=O) groups excluding carboxylic acids is 1. The van der Waals surface area contributed by atoms with E-state index < -0.39 is 33.6 Å². The molecule has 0 aliphatic carbocycles. The van der Waals surface area contributed by atoms with Gasteiger partial charge < -0.3 is 13.7 Å². The molecule has 1 unspecified atom stereocenters. The lowest BCUT2D eigenvalue weighted by Crippen LogP contribution is -2.53. The van der Waals surface area contributed by atoms with Gasteiger partial charge in [0, 0.05) is 12.1 Å². The summed E-state index contributed by atoms with van der Waals surface area (Å²) in [5.74, 6) is -0.0560. The van der Waals surface area contributed by atoms with Crippen LogP contribution in [0.15, 0.2) is 35.6 Å². The van der Waals surface area contributed by atoms with Gasteiger partial charge in [0.15, 0.2) is 0 Å². The molecule has 202 valence electrons. The molecule has 0 saturated heterocycles. The summed E-state index contributed by atoms with van der Waals surface area (Å²) in [6, 6.07) is 5.37. The van der Waals surface area contributed by atoms with E-state index in [1.807, 2.05) is 6.92 Å². The Morgan fingerprint density at radius 3 is 2.06 bits per heavy atom. The topological polar surface area (TPSA) is 100 Å². The molecule has 1 aromatic rings. The van der Waals surface area contributed by atoms with Crippen LogP contribution in [0, 0.1) is 10.1 Å². The van der Waals surface area contributed by atoms with E-state index in [1.54, 1.807) is 12.1 Å². The molecule has 2 rings (SSSR count). The van der Waals surface area contributed by atoms with Crippen LogP contribution >= 0.6 is 0 Å². The Bertz CT molecular complexity index is 993. The molecule has 0 saturated carbocycles. The van der Waals surface area contributed by atoms with Crippen molar-refractivity contribution in [2.24, 2.45) is 0 Å². The minimum Gasteiger partial charge on any atom is -0.544 e. The normalized spacial score (nSPS) is 18.2. The molecule has 1 aromatic carbocycles. The molecule has 0 amide bonds. The van der Waals surface area contributed by atoms with E-state index in [0.717, 1.165) is 0 Å². The summed E-state index contributed by atoms with van der Waals surface area (Å²) >= 11 is 0. The van der Waals surface area contributed by atoms with E-state index in [1.165, 1.54) is 17.4 Å². The standard InChI is InChI=1S/C25H42N2O7Si2/c1-18-22(23(28)31-16-19-12-14-20(15-13-19)26(29)30)21(33-35(8,9)24(2,3)4)17-32-27(18)34-36(10,11)25(5,6)7/h12-15,18H,16-17H2,1-11H3. The van der Waals surface area contributed by atoms with Gasteiger partial charge in [-0.1, -0.05) is 46.8 Å². The van der Waals surface area contributed by atoms with Crippen LogP contribution in [0.5, 0.6) is 0 Å². The molecule has 0 aromatic heterocycles. The van der Waals surface area contributed by atoms with E-state index in [2.05, 4.69) is 67.7 Å². The van der Waals surface area contributed by atoms with Crippen molar-refractivity contribution < 1.29 is 28.2 Å². The summed E-state index contributed by atoms with van der Waals surface area (Å²) in [5, 5.41) is 12.2. The Balaban J connectivity index is 2.35. The van der Waals surface area contributed by atoms with Crippen LogP contribution in [-0.2, 0) is 29.9 Å². The highest BCUT2D eigenvalue weighted by molar-refractivity contribution is 6.74. The van der Waals surface area contributed by atoms with Gasteiger partial charge in [0.25, 0.3) is 5.69 Å². The number of esters is 1. The minimum absolute atomic E-state index is 0.0192. The van der Waals surface area contributed by atoms with Gasteiger partial charge in [-0.05, 0) is 60.9 Å². The number of carbonyl (C=O) groups is 1. The Kier molecular flexibility index (Phi) is 9.00. The van der Waals surface area contributed by atoms with Crippen molar-refractivity contribution in [2.45, 2.75) is 97.4 Å². The molecular weight excluding hydrogens is 496 g/mol. The van der Waals surface area contributed by atoms with E-state index in [0.29, 0.717) is 16.9 Å². The number of hydrogen-bond donors (Lipinski definition) is 0. The van der Waals surface area contributed by atoms with E-state index in [9.17, 15) is 14.9 Å². The van der Waals surface area contributed by atoms with Gasteiger partial charge in [0.1, 0.15) is 19.0 Å². The molecule has 0 N–H and O–H groups in total. The summed E-state index contributed by atoms with van der Waals surface area (Å²) in [5.41, 5.74) is 0.997. The van der Waals surface area contributed by atoms with Crippen molar-refractivity contribution in [1.82, 2.24) is 5.23 Å². The molecule has 36 heavy (non-hydrogen) atoms. The quantitative estimate of drug-likeness (QED) is 0.160. The summed E-state index contributed by atoms with van der Waals surface area (Å²) in [6.45, 7) is 23.1. The third-order valence-corrected chi connectivity index (χ3v) is 16.0. The maximum atomic E-state index is 13.4. The average molecular weight is 539 g/mol. The van der Waals surface area contributed by atoms with Crippen molar-refractivity contribution in [2.75, 3.05) is 6.61 Å². The second kappa shape index (κ2) is 10.7. The molecule has 1 aliphatic heterocycles. The molecule has 0 bridgehead atoms. The smallest absolute Gasteiger partial charge is 0.339 e. The summed E-state index contributed by atoms with van der Waals surface area (Å²) in [7, 11) is -4.52. The third kappa shape index (κ3) is 7.03. The number of nitrogens with zero attached hydrogens (tertiary/aromatic N) is 2. The molecule has 0 spiro atoms. The third-order valence-electron chi connectivity index (χ3n) is 7.40. The molecule has 0 radical (unpaired) electrons. The van der Waals surface area contributed by atoms with Gasteiger partial charge in [-0.25, -0.2) is 4.79 Å². The predicted octanol–water partition coefficient (Wildman–Crippen LogP) is 6.49. The maximum Gasteiger partial charge on any atom is 0.339 e. The molecule has 1 aliphatic rings. The summed E-state index contributed by atoms with van der Waals surface area (Å²) in [4.78, 5) is 29.9. The molecule has 11 heteroatoms. The monoisotopic (exact) mass is 538 g/mol. The largest absolute Gasteiger partial charge is 0.544 e. The van der Waals surface area contributed by atoms with Crippen LogP contribution in [0.25, 0.3) is 0 Å². The highest BCUT2D eigenvalue weighted by Gasteiger charge is 2.46. The highest BCUT2D eigenvalue weighted by atomic mass is 28.4. The van der Waals surface area contributed by atoms with Gasteiger partial charge in [-0.2, -0.15) is 0 Å². The van der Waals surface area contributed by atoms with Crippen LogP contribution in [0.2, 0.25) is 36.3 Å². The Morgan fingerprint density at radius 2 is 1.58 bits per heavy atom. The second-order valence-electron chi connectivity index (χ2n) is 12.3. The van der Waals surface area contributed by atoms with Gasteiger partial charge in [0.05, 0.1) is 16.5 Å². The molecule has 0 fully saturated rings. The summed E-state index contributed by atoms with van der Waals surface area (Å²) in [6.07, 6.45) is 0. The minimum atomic E-state index is -2.27. The fourth-order valence-electron chi connectivity index (χ4n) is 2.89. The van der Waals surface area contributed by atoms with Crippen LogP contribution in [0.4, 0.5) is 5.69 Å². The van der Waals surface area contributed by atoms with Gasteiger partial charge >= 0.3 is 5.97 Å². The summed E-state index contributed by atoms with van der Waals surface area (Å²) < 4.78 is 18.6. The van der Waals surface area contributed by atoms with Crippen molar-refractivity contribution >= 4 is 28.3 Å². The van der Waals surface area contributed by atoms with Crippen molar-refractivity contribution in [3.05, 3.63) is 51.3 Å². The fourth-order valence-corrected chi connectivity index (χ4v) is 4.91. The number of benzene rings is 1. The number of hydrogen-bond acceptors (Lipinski definition) is 8. The second-order valence-corrected chi connectivity index (χ2v) is 21.7. The van der Waals surface area contributed by atoms with Crippen LogP contribution < -0.4 is 0 Å². The zero-order chi connectivity index (χ0) is 27.7. The number of hydroxylamine groups is 2. The average Bonchev–Trinajstić information content (AvgIpc) is 2.72. The zero-order valence-electron chi connectivity index (χ0n) is 23.6. The lowest BCUT2D eigenvalue weighted by atomic mass is 10.1. The van der Waals surface area contributed by atoms with Gasteiger partial charge in [-0.15, -0.1) is 0 Å². The highest BCUT2D eigenvalue weighted by Crippen LogP contribution is 2.41. The molecule has 1 atom stereocenters. The first-order valence-corrected chi connectivity index (χ1v) is 18.0. The first-order valence-electron chi connectivity index (χ1n) is 12.2. The van der Waals surface area contributed by atoms with Crippen molar-refractivity contribution in [3.63, 3.8) is 0 Å². The number of non-ortho nitro benzene ring substituents is 1. The Hall–Kier alpha value is -2.06. The van der Waals surface area contributed by atoms with E-state index >= 15 is 0 Å². The number of nitro benzene ring substituents is 1. The number of nitro groups is 1. The van der Waals surface area contributed by atoms with E-state index in [4.69, 9.17) is 18.5 Å². The zero-order valence-corrected chi connectivity index (χ0v) is 25.6. The predicted molar refractivity (Wildman–Crippen MR) is 144 cm³/mol. The first-order chi connectivity index (χ1) is 16.3. The van der Waals surface area contributed by atoms with Crippen molar-refractivity contribution in [3.8, 4) is 0 Å². The lowest BCUT2D eigenvalue weighted by Gasteiger charge is -2.44. The first kappa shape index (κ1) is 30.2. The van der Waals surface area contributed by atoms with Crippen LogP contribution in [0.3, 0.4) is 0 Å². The Morgan fingerprint density at radius 1 is 1.06 bits per heavy atom. The SMILES string of the molecule is CC1C(C(=O)OCc2ccc([N+](=O)[O-])cc2)=C(O[Si](C)(C)C(C)(C)C)CON1O[Si](C)(C)C(C)(C)C. The number of ether oxygens (including phenoxy) is 1. The fraction of sp³-hybridized carbons (Fsp3) is 0.640. The number of rotatable bonds is 8. The lowest BCUT2D eigenvalue weighted by molar-refractivity contribution is -0.384. The molecular formula is C25H42N2O7Si2. The molecule has 9 nitrogen and oxygen atoms in total. The molecule has 1 heterocycles.